The van der Waals surface area contributed by atoms with Crippen LogP contribution in [0.1, 0.15) is 35.6 Å². The van der Waals surface area contributed by atoms with Gasteiger partial charge in [-0.3, -0.25) is 14.6 Å². The van der Waals surface area contributed by atoms with Gasteiger partial charge in [-0.05, 0) is 38.8 Å². The van der Waals surface area contributed by atoms with E-state index in [1.807, 2.05) is 41.8 Å². The normalized spacial score (nSPS) is 22.2. The van der Waals surface area contributed by atoms with E-state index < -0.39 is 0 Å². The molecule has 2 atom stereocenters. The van der Waals surface area contributed by atoms with Gasteiger partial charge in [0.2, 0.25) is 11.8 Å². The van der Waals surface area contributed by atoms with Crippen molar-refractivity contribution in [1.29, 1.82) is 0 Å². The molecule has 3 fully saturated rings. The standard InChI is InChI=1S/C20H24N4O3/c1-13-18(14(2)27-22-13)12-24-17-7-6-15(20(24)26)10-23(11-17)19(25)9-16-5-3-4-8-21-16/h3-5,8,15,17H,6-7,9-12H2,1-2H3/t15-,17+/m1/s1. The molecule has 0 spiro atoms. The van der Waals surface area contributed by atoms with Crippen molar-refractivity contribution >= 4 is 11.8 Å². The number of hydrogen-bond acceptors (Lipinski definition) is 5. The second-order valence-corrected chi connectivity index (χ2v) is 7.49. The van der Waals surface area contributed by atoms with Gasteiger partial charge >= 0.3 is 0 Å². The second kappa shape index (κ2) is 7.13. The molecule has 3 aliphatic heterocycles. The minimum atomic E-state index is -0.128. The molecule has 0 aliphatic carbocycles. The molecule has 2 bridgehead atoms. The Morgan fingerprint density at radius 2 is 2.11 bits per heavy atom. The van der Waals surface area contributed by atoms with Crippen molar-refractivity contribution in [1.82, 2.24) is 19.9 Å². The van der Waals surface area contributed by atoms with Crippen molar-refractivity contribution in [3.05, 3.63) is 47.1 Å². The van der Waals surface area contributed by atoms with Gasteiger partial charge in [-0.2, -0.15) is 0 Å². The maximum atomic E-state index is 13.0. The van der Waals surface area contributed by atoms with Crippen LogP contribution in [0.4, 0.5) is 0 Å². The lowest BCUT2D eigenvalue weighted by molar-refractivity contribution is -0.140. The van der Waals surface area contributed by atoms with Crippen LogP contribution in [-0.4, -0.2) is 50.9 Å². The molecule has 7 nitrogen and oxygen atoms in total. The Morgan fingerprint density at radius 1 is 1.26 bits per heavy atom. The lowest BCUT2D eigenvalue weighted by Gasteiger charge is -2.35. The Bertz CT molecular complexity index is 829. The van der Waals surface area contributed by atoms with E-state index in [-0.39, 0.29) is 30.2 Å². The van der Waals surface area contributed by atoms with Gasteiger partial charge < -0.3 is 14.3 Å². The SMILES string of the molecule is Cc1noc(C)c1CN1C(=O)[C@@H]2CC[C@H]1CN(C(=O)Cc1ccccn1)C2. The van der Waals surface area contributed by atoms with E-state index in [4.69, 9.17) is 4.52 Å². The first-order chi connectivity index (χ1) is 13.0. The summed E-state index contributed by atoms with van der Waals surface area (Å²) in [5.74, 6) is 0.803. The van der Waals surface area contributed by atoms with Crippen LogP contribution in [0.15, 0.2) is 28.9 Å². The molecule has 142 valence electrons. The zero-order valence-corrected chi connectivity index (χ0v) is 15.7. The van der Waals surface area contributed by atoms with Crippen molar-refractivity contribution in [3.8, 4) is 0 Å². The highest BCUT2D eigenvalue weighted by atomic mass is 16.5. The summed E-state index contributed by atoms with van der Waals surface area (Å²) < 4.78 is 5.25. The van der Waals surface area contributed by atoms with E-state index in [1.54, 1.807) is 6.20 Å². The van der Waals surface area contributed by atoms with Gasteiger partial charge in [-0.1, -0.05) is 11.2 Å². The van der Waals surface area contributed by atoms with Gasteiger partial charge in [0.05, 0.1) is 24.6 Å². The molecule has 7 heteroatoms. The maximum Gasteiger partial charge on any atom is 0.228 e. The van der Waals surface area contributed by atoms with Gasteiger partial charge in [0.25, 0.3) is 0 Å². The fourth-order valence-corrected chi connectivity index (χ4v) is 4.12. The quantitative estimate of drug-likeness (QED) is 0.823. The molecule has 0 unspecified atom stereocenters. The molecule has 2 amide bonds. The molecule has 0 aromatic carbocycles. The van der Waals surface area contributed by atoms with Crippen molar-refractivity contribution in [2.75, 3.05) is 13.1 Å². The van der Waals surface area contributed by atoms with E-state index >= 15 is 0 Å². The van der Waals surface area contributed by atoms with Crippen LogP contribution >= 0.6 is 0 Å². The summed E-state index contributed by atoms with van der Waals surface area (Å²) in [6, 6.07) is 5.62. The Balaban J connectivity index is 1.51. The van der Waals surface area contributed by atoms with Crippen LogP contribution < -0.4 is 0 Å². The minimum Gasteiger partial charge on any atom is -0.361 e. The van der Waals surface area contributed by atoms with Gasteiger partial charge in [-0.25, -0.2) is 0 Å². The zero-order chi connectivity index (χ0) is 19.0. The van der Waals surface area contributed by atoms with E-state index in [2.05, 4.69) is 10.1 Å². The minimum absolute atomic E-state index is 0.0394. The summed E-state index contributed by atoms with van der Waals surface area (Å²) in [5.41, 5.74) is 2.56. The molecule has 0 saturated carbocycles. The van der Waals surface area contributed by atoms with Crippen LogP contribution in [0.3, 0.4) is 0 Å². The number of aryl methyl sites for hydroxylation is 2. The molecule has 0 N–H and O–H groups in total. The second-order valence-electron chi connectivity index (χ2n) is 7.49. The third-order valence-corrected chi connectivity index (χ3v) is 5.71. The third-order valence-electron chi connectivity index (χ3n) is 5.71. The number of rotatable bonds is 4. The largest absolute Gasteiger partial charge is 0.361 e. The first-order valence-corrected chi connectivity index (χ1v) is 9.43. The van der Waals surface area contributed by atoms with Crippen molar-refractivity contribution in [2.24, 2.45) is 5.92 Å². The number of fused-ring (bicyclic) bond motifs is 4. The fraction of sp³-hybridized carbons (Fsp3) is 0.500. The number of amides is 2. The highest BCUT2D eigenvalue weighted by Gasteiger charge is 2.42. The van der Waals surface area contributed by atoms with Crippen LogP contribution in [-0.2, 0) is 22.6 Å². The van der Waals surface area contributed by atoms with Crippen LogP contribution in [0.2, 0.25) is 0 Å². The van der Waals surface area contributed by atoms with Gasteiger partial charge in [0.15, 0.2) is 0 Å². The number of carbonyl (C=O) groups excluding carboxylic acids is 2. The molecule has 2 aromatic rings. The third kappa shape index (κ3) is 3.46. The first kappa shape index (κ1) is 17.7. The molecule has 2 aromatic heterocycles. The fourth-order valence-electron chi connectivity index (χ4n) is 4.12. The average molecular weight is 368 g/mol. The first-order valence-electron chi connectivity index (χ1n) is 9.43. The number of piperidine rings is 1. The predicted octanol–water partition coefficient (Wildman–Crippen LogP) is 1.88. The molecule has 0 radical (unpaired) electrons. The highest BCUT2D eigenvalue weighted by Crippen LogP contribution is 2.31. The summed E-state index contributed by atoms with van der Waals surface area (Å²) in [6.07, 6.45) is 3.74. The number of nitrogens with zero attached hydrogens (tertiary/aromatic N) is 4. The molecule has 5 rings (SSSR count). The van der Waals surface area contributed by atoms with E-state index in [0.717, 1.165) is 35.6 Å². The van der Waals surface area contributed by atoms with E-state index in [1.165, 1.54) is 0 Å². The van der Waals surface area contributed by atoms with E-state index in [0.29, 0.717) is 19.6 Å². The maximum absolute atomic E-state index is 13.0. The topological polar surface area (TPSA) is 79.5 Å². The van der Waals surface area contributed by atoms with Gasteiger partial charge in [0, 0.05) is 36.6 Å². The summed E-state index contributed by atoms with van der Waals surface area (Å²) in [7, 11) is 0. The van der Waals surface area contributed by atoms with Gasteiger partial charge in [-0.15, -0.1) is 0 Å². The Hall–Kier alpha value is -2.70. The summed E-state index contributed by atoms with van der Waals surface area (Å²) in [4.78, 5) is 33.8. The van der Waals surface area contributed by atoms with E-state index in [9.17, 15) is 9.59 Å². The summed E-state index contributed by atoms with van der Waals surface area (Å²) in [5, 5.41) is 4.00. The average Bonchev–Trinajstić information content (AvgIpc) is 2.84. The zero-order valence-electron chi connectivity index (χ0n) is 15.7. The molecular formula is C20H24N4O3. The molecule has 3 saturated heterocycles. The number of pyridine rings is 1. The molecule has 3 aliphatic rings. The highest BCUT2D eigenvalue weighted by molar-refractivity contribution is 5.83. The summed E-state index contributed by atoms with van der Waals surface area (Å²) in [6.45, 7) is 5.35. The van der Waals surface area contributed by atoms with Gasteiger partial charge in [0.1, 0.15) is 5.76 Å². The number of carbonyl (C=O) groups is 2. The smallest absolute Gasteiger partial charge is 0.228 e. The molecule has 5 heterocycles. The van der Waals surface area contributed by atoms with Crippen LogP contribution in [0.5, 0.6) is 0 Å². The Kier molecular flexibility index (Phi) is 4.68. The monoisotopic (exact) mass is 368 g/mol. The lowest BCUT2D eigenvalue weighted by Crippen LogP contribution is -2.47. The van der Waals surface area contributed by atoms with Crippen LogP contribution in [0, 0.1) is 19.8 Å². The van der Waals surface area contributed by atoms with Crippen molar-refractivity contribution in [3.63, 3.8) is 0 Å². The van der Waals surface area contributed by atoms with Crippen LogP contribution in [0.25, 0.3) is 0 Å². The Morgan fingerprint density at radius 3 is 2.81 bits per heavy atom. The van der Waals surface area contributed by atoms with Crippen molar-refractivity contribution in [2.45, 2.75) is 45.7 Å². The Labute approximate surface area is 158 Å². The summed E-state index contributed by atoms with van der Waals surface area (Å²) >= 11 is 0. The number of hydrogen-bond donors (Lipinski definition) is 0. The van der Waals surface area contributed by atoms with Crippen molar-refractivity contribution < 1.29 is 14.1 Å². The molecular weight excluding hydrogens is 344 g/mol. The predicted molar refractivity (Wildman–Crippen MR) is 97.6 cm³/mol. The number of aromatic nitrogens is 2. The lowest BCUT2D eigenvalue weighted by atomic mass is 9.93. The molecule has 27 heavy (non-hydrogen) atoms.